The maximum Gasteiger partial charge on any atom is 0.245 e. The minimum atomic E-state index is -1.10. The van der Waals surface area contributed by atoms with Crippen molar-refractivity contribution in [2.75, 3.05) is 13.1 Å². The molecule has 1 aliphatic heterocycles. The van der Waals surface area contributed by atoms with Crippen molar-refractivity contribution >= 4 is 69.2 Å². The summed E-state index contributed by atoms with van der Waals surface area (Å²) in [7, 11) is 0. The Kier molecular flexibility index (Phi) is 7.88. The Morgan fingerprint density at radius 3 is 2.56 bits per heavy atom. The van der Waals surface area contributed by atoms with Crippen molar-refractivity contribution in [2.45, 2.75) is 25.9 Å². The van der Waals surface area contributed by atoms with Crippen LogP contribution in [0.25, 0.3) is 10.9 Å². The number of H-pyrrole nitrogens is 1. The summed E-state index contributed by atoms with van der Waals surface area (Å²) < 4.78 is 0. The van der Waals surface area contributed by atoms with Crippen LogP contribution in [0.15, 0.2) is 42.6 Å². The molecule has 0 aliphatic carbocycles. The number of hydrogen-bond donors (Lipinski definition) is 3. The lowest BCUT2D eigenvalue weighted by molar-refractivity contribution is -0.147. The van der Waals surface area contributed by atoms with Crippen LogP contribution in [0.2, 0.25) is 15.1 Å². The van der Waals surface area contributed by atoms with Gasteiger partial charge in [0.15, 0.2) is 5.78 Å². The smallest absolute Gasteiger partial charge is 0.245 e. The molecule has 8 nitrogen and oxygen atoms in total. The van der Waals surface area contributed by atoms with E-state index in [1.807, 2.05) is 24.3 Å². The number of rotatable bonds is 8. The Morgan fingerprint density at radius 1 is 1.14 bits per heavy atom. The highest BCUT2D eigenvalue weighted by Gasteiger charge is 2.34. The number of nitrogens with one attached hydrogen (secondary N) is 3. The van der Waals surface area contributed by atoms with E-state index >= 15 is 0 Å². The molecule has 1 fully saturated rings. The minimum absolute atomic E-state index is 0.0647. The molecule has 36 heavy (non-hydrogen) atoms. The molecule has 0 spiro atoms. The van der Waals surface area contributed by atoms with Gasteiger partial charge in [0, 0.05) is 23.6 Å². The van der Waals surface area contributed by atoms with Gasteiger partial charge in [0.05, 0.1) is 21.6 Å². The second kappa shape index (κ2) is 10.9. The largest absolute Gasteiger partial charge is 0.361 e. The van der Waals surface area contributed by atoms with E-state index in [0.717, 1.165) is 16.5 Å². The van der Waals surface area contributed by atoms with Gasteiger partial charge in [0.2, 0.25) is 17.7 Å². The van der Waals surface area contributed by atoms with Crippen LogP contribution in [0.3, 0.4) is 0 Å². The Balaban J connectivity index is 1.56. The van der Waals surface area contributed by atoms with Crippen LogP contribution in [0, 0.1) is 5.92 Å². The summed E-state index contributed by atoms with van der Waals surface area (Å²) in [5.41, 5.74) is 2.27. The molecule has 3 N–H and O–H groups in total. The second-order valence-electron chi connectivity index (χ2n) is 8.66. The molecule has 2 unspecified atom stereocenters. The van der Waals surface area contributed by atoms with Crippen LogP contribution in [-0.4, -0.2) is 52.5 Å². The molecule has 3 aromatic rings. The van der Waals surface area contributed by atoms with Crippen molar-refractivity contribution < 1.29 is 19.2 Å². The number of benzene rings is 2. The van der Waals surface area contributed by atoms with Gasteiger partial charge in [-0.25, -0.2) is 0 Å². The zero-order valence-electron chi connectivity index (χ0n) is 19.2. The van der Waals surface area contributed by atoms with Gasteiger partial charge in [-0.05, 0) is 42.7 Å². The third-order valence-corrected chi connectivity index (χ3v) is 7.25. The predicted octanol–water partition coefficient (Wildman–Crippen LogP) is 3.52. The number of nitrogens with zero attached hydrogens (tertiary/aromatic N) is 1. The van der Waals surface area contributed by atoms with Crippen molar-refractivity contribution in [2.24, 2.45) is 5.92 Å². The number of ketones is 1. The van der Waals surface area contributed by atoms with Gasteiger partial charge in [-0.3, -0.25) is 19.2 Å². The van der Waals surface area contributed by atoms with E-state index in [2.05, 4.69) is 15.6 Å². The molecular weight excluding hydrogens is 527 g/mol. The number of piperazine rings is 1. The van der Waals surface area contributed by atoms with E-state index in [4.69, 9.17) is 34.8 Å². The summed E-state index contributed by atoms with van der Waals surface area (Å²) in [6.45, 7) is 1.03. The molecule has 0 bridgehead atoms. The highest BCUT2D eigenvalue weighted by molar-refractivity contribution is 6.48. The van der Waals surface area contributed by atoms with Crippen molar-refractivity contribution in [3.8, 4) is 0 Å². The van der Waals surface area contributed by atoms with Crippen LogP contribution in [0.5, 0.6) is 0 Å². The minimum Gasteiger partial charge on any atom is -0.361 e. The molecule has 3 amide bonds. The van der Waals surface area contributed by atoms with E-state index in [0.29, 0.717) is 5.56 Å². The zero-order chi connectivity index (χ0) is 26.0. The first-order chi connectivity index (χ1) is 17.1. The van der Waals surface area contributed by atoms with Crippen LogP contribution in [0.1, 0.15) is 18.1 Å². The molecule has 11 heteroatoms. The summed E-state index contributed by atoms with van der Waals surface area (Å²) in [6.07, 6.45) is 1.87. The number of aromatic nitrogens is 1. The highest BCUT2D eigenvalue weighted by Crippen LogP contribution is 2.31. The topological polar surface area (TPSA) is 111 Å². The molecule has 1 saturated heterocycles. The standard InChI is InChI=1S/C25H23Cl3N4O4/c1-13-25(36)32(12-22(34)31-13)11-21(33)17(8-15-10-29-20-5-3-2-4-16(15)20)24(35)30-9-14-6-18(26)23(28)19(27)7-14/h2-7,10,13,17,29H,8-9,11-12H2,1H3,(H,30,35)(H,31,34). The molecule has 1 aliphatic rings. The van der Waals surface area contributed by atoms with Crippen molar-refractivity contribution in [1.29, 1.82) is 0 Å². The third kappa shape index (κ3) is 5.67. The third-order valence-electron chi connectivity index (χ3n) is 6.06. The lowest BCUT2D eigenvalue weighted by Gasteiger charge is -2.31. The molecule has 0 saturated carbocycles. The molecule has 4 rings (SSSR count). The first-order valence-corrected chi connectivity index (χ1v) is 12.3. The van der Waals surface area contributed by atoms with Gasteiger partial charge in [-0.15, -0.1) is 0 Å². The number of aromatic amines is 1. The summed E-state index contributed by atoms with van der Waals surface area (Å²) >= 11 is 18.2. The van der Waals surface area contributed by atoms with Crippen LogP contribution in [0.4, 0.5) is 0 Å². The molecule has 0 radical (unpaired) electrons. The summed E-state index contributed by atoms with van der Waals surface area (Å²) in [5, 5.41) is 6.90. The first kappa shape index (κ1) is 26.0. The van der Waals surface area contributed by atoms with Crippen LogP contribution in [-0.2, 0) is 32.1 Å². The van der Waals surface area contributed by atoms with E-state index in [-0.39, 0.29) is 52.9 Å². The average Bonchev–Trinajstić information content (AvgIpc) is 3.25. The maximum atomic E-state index is 13.4. The van der Waals surface area contributed by atoms with E-state index < -0.39 is 23.7 Å². The number of amides is 3. The van der Waals surface area contributed by atoms with Gasteiger partial charge >= 0.3 is 0 Å². The number of carbonyl (C=O) groups is 4. The normalized spacial score (nSPS) is 16.7. The van der Waals surface area contributed by atoms with Gasteiger partial charge in [-0.2, -0.15) is 0 Å². The Morgan fingerprint density at radius 2 is 1.83 bits per heavy atom. The Bertz CT molecular complexity index is 1330. The molecule has 2 heterocycles. The van der Waals surface area contributed by atoms with Gasteiger partial charge in [0.1, 0.15) is 18.5 Å². The van der Waals surface area contributed by atoms with Crippen molar-refractivity contribution in [1.82, 2.24) is 20.5 Å². The first-order valence-electron chi connectivity index (χ1n) is 11.2. The average molecular weight is 550 g/mol. The number of para-hydroxylation sites is 1. The number of carbonyl (C=O) groups excluding carboxylic acids is 4. The summed E-state index contributed by atoms with van der Waals surface area (Å²) in [4.78, 5) is 55.4. The molecular formula is C25H23Cl3N4O4. The van der Waals surface area contributed by atoms with E-state index in [9.17, 15) is 19.2 Å². The fraction of sp³-hybridized carbons (Fsp3) is 0.280. The van der Waals surface area contributed by atoms with Gasteiger partial charge < -0.3 is 20.5 Å². The summed E-state index contributed by atoms with van der Waals surface area (Å²) in [5.74, 6) is -2.83. The quantitative estimate of drug-likeness (QED) is 0.295. The zero-order valence-corrected chi connectivity index (χ0v) is 21.5. The van der Waals surface area contributed by atoms with Gasteiger partial charge in [-0.1, -0.05) is 53.0 Å². The second-order valence-corrected chi connectivity index (χ2v) is 9.85. The van der Waals surface area contributed by atoms with Crippen LogP contribution >= 0.6 is 34.8 Å². The van der Waals surface area contributed by atoms with Crippen molar-refractivity contribution in [3.05, 3.63) is 68.8 Å². The fourth-order valence-corrected chi connectivity index (χ4v) is 4.84. The Labute approximate surface area is 222 Å². The monoisotopic (exact) mass is 548 g/mol. The number of Topliss-reactive ketones (excluding diaryl/α,β-unsaturated/α-hetero) is 1. The fourth-order valence-electron chi connectivity index (χ4n) is 4.20. The lowest BCUT2D eigenvalue weighted by atomic mass is 9.93. The van der Waals surface area contributed by atoms with E-state index in [1.165, 1.54) is 4.90 Å². The lowest BCUT2D eigenvalue weighted by Crippen LogP contribution is -2.58. The number of fused-ring (bicyclic) bond motifs is 1. The number of halogens is 3. The maximum absolute atomic E-state index is 13.4. The highest BCUT2D eigenvalue weighted by atomic mass is 35.5. The molecule has 188 valence electrons. The van der Waals surface area contributed by atoms with E-state index in [1.54, 1.807) is 25.3 Å². The van der Waals surface area contributed by atoms with Gasteiger partial charge in [0.25, 0.3) is 0 Å². The predicted molar refractivity (Wildman–Crippen MR) is 138 cm³/mol. The molecule has 2 atom stereocenters. The Hall–Kier alpha value is -3.07. The SMILES string of the molecule is CC1NC(=O)CN(CC(=O)C(Cc2c[nH]c3ccccc23)C(=O)NCc2cc(Cl)c(Cl)c(Cl)c2)C1=O. The number of hydrogen-bond acceptors (Lipinski definition) is 4. The molecule has 1 aromatic heterocycles. The van der Waals surface area contributed by atoms with Crippen LogP contribution < -0.4 is 10.6 Å². The molecule has 2 aromatic carbocycles. The van der Waals surface area contributed by atoms with Crippen molar-refractivity contribution in [3.63, 3.8) is 0 Å². The summed E-state index contributed by atoms with van der Waals surface area (Å²) in [6, 6.07) is 9.98.